The van der Waals surface area contributed by atoms with Gasteiger partial charge in [-0.2, -0.15) is 13.2 Å². The van der Waals surface area contributed by atoms with Crippen molar-refractivity contribution < 1.29 is 17.6 Å². The molecule has 0 fully saturated rings. The van der Waals surface area contributed by atoms with Crippen molar-refractivity contribution in [1.29, 1.82) is 0 Å². The molecule has 2 aromatic rings. The van der Waals surface area contributed by atoms with Crippen molar-refractivity contribution in [1.82, 2.24) is 15.0 Å². The summed E-state index contributed by atoms with van der Waals surface area (Å²) in [7, 11) is 0. The fourth-order valence-corrected chi connectivity index (χ4v) is 1.60. The number of alkyl halides is 3. The van der Waals surface area contributed by atoms with E-state index in [4.69, 9.17) is 23.2 Å². The molecule has 19 heavy (non-hydrogen) atoms. The minimum absolute atomic E-state index is 0.114. The van der Waals surface area contributed by atoms with Crippen molar-refractivity contribution in [3.8, 4) is 11.5 Å². The molecule has 0 amide bonds. The standard InChI is InChI=1S/C10H3Cl2F4N3/c11-5-1-4(10(14,15)16)2-17-7(5)9-18-3-6(13)8(12)19-9/h1-3H. The molecule has 0 aliphatic rings. The van der Waals surface area contributed by atoms with Gasteiger partial charge in [-0.3, -0.25) is 4.98 Å². The van der Waals surface area contributed by atoms with Crippen molar-refractivity contribution in [3.05, 3.63) is 40.0 Å². The van der Waals surface area contributed by atoms with E-state index in [1.807, 2.05) is 0 Å². The van der Waals surface area contributed by atoms with Crippen LogP contribution in [0.25, 0.3) is 11.5 Å². The predicted octanol–water partition coefficient (Wildman–Crippen LogP) is 4.00. The van der Waals surface area contributed by atoms with Crippen LogP contribution < -0.4 is 0 Å². The summed E-state index contributed by atoms with van der Waals surface area (Å²) in [5.74, 6) is -1.02. The van der Waals surface area contributed by atoms with Gasteiger partial charge in [-0.15, -0.1) is 0 Å². The van der Waals surface area contributed by atoms with Crippen molar-refractivity contribution >= 4 is 23.2 Å². The van der Waals surface area contributed by atoms with E-state index in [9.17, 15) is 17.6 Å². The minimum atomic E-state index is -4.56. The number of aromatic nitrogens is 3. The molecule has 0 unspecified atom stereocenters. The molecule has 0 saturated carbocycles. The number of hydrogen-bond acceptors (Lipinski definition) is 3. The van der Waals surface area contributed by atoms with Crippen LogP contribution in [0.3, 0.4) is 0 Å². The second kappa shape index (κ2) is 4.90. The van der Waals surface area contributed by atoms with Crippen LogP contribution in [-0.4, -0.2) is 15.0 Å². The highest BCUT2D eigenvalue weighted by Gasteiger charge is 2.31. The first-order chi connectivity index (χ1) is 8.79. The topological polar surface area (TPSA) is 38.7 Å². The first kappa shape index (κ1) is 14.0. The SMILES string of the molecule is Fc1cnc(-c2ncc(C(F)(F)F)cc2Cl)nc1Cl. The summed E-state index contributed by atoms with van der Waals surface area (Å²) in [5, 5.41) is -0.778. The van der Waals surface area contributed by atoms with Gasteiger partial charge in [-0.25, -0.2) is 14.4 Å². The zero-order chi connectivity index (χ0) is 14.2. The molecule has 100 valence electrons. The van der Waals surface area contributed by atoms with Gasteiger partial charge < -0.3 is 0 Å². The third kappa shape index (κ3) is 2.93. The molecule has 0 spiro atoms. The number of rotatable bonds is 1. The van der Waals surface area contributed by atoms with Crippen molar-refractivity contribution in [2.45, 2.75) is 6.18 Å². The summed E-state index contributed by atoms with van der Waals surface area (Å²) in [6.07, 6.45) is -3.20. The molecule has 9 heteroatoms. The molecule has 2 aromatic heterocycles. The summed E-state index contributed by atoms with van der Waals surface area (Å²) in [6, 6.07) is 0.685. The van der Waals surface area contributed by atoms with E-state index < -0.39 is 22.7 Å². The molecule has 3 nitrogen and oxygen atoms in total. The van der Waals surface area contributed by atoms with Crippen molar-refractivity contribution in [2.24, 2.45) is 0 Å². The molecule has 2 rings (SSSR count). The Labute approximate surface area is 114 Å². The van der Waals surface area contributed by atoms with E-state index in [2.05, 4.69) is 15.0 Å². The smallest absolute Gasteiger partial charge is 0.251 e. The molecule has 0 radical (unpaired) electrons. The van der Waals surface area contributed by atoms with Gasteiger partial charge >= 0.3 is 6.18 Å². The van der Waals surface area contributed by atoms with Gasteiger partial charge in [0.1, 0.15) is 5.69 Å². The van der Waals surface area contributed by atoms with Crippen LogP contribution in [0.15, 0.2) is 18.5 Å². The average Bonchev–Trinajstić information content (AvgIpc) is 2.31. The summed E-state index contributed by atoms with van der Waals surface area (Å²) >= 11 is 11.1. The third-order valence-corrected chi connectivity index (χ3v) is 2.63. The lowest BCUT2D eigenvalue weighted by molar-refractivity contribution is -0.137. The van der Waals surface area contributed by atoms with E-state index in [1.165, 1.54) is 0 Å². The fraction of sp³-hybridized carbons (Fsp3) is 0.100. The summed E-state index contributed by atoms with van der Waals surface area (Å²) in [4.78, 5) is 10.6. The Morgan fingerprint density at radius 2 is 1.74 bits per heavy atom. The van der Waals surface area contributed by atoms with Crippen LogP contribution in [0.2, 0.25) is 10.2 Å². The molecular weight excluding hydrogens is 309 g/mol. The lowest BCUT2D eigenvalue weighted by atomic mass is 10.2. The molecule has 2 heterocycles. The molecular formula is C10H3Cl2F4N3. The molecule has 0 aliphatic carbocycles. The summed E-state index contributed by atoms with van der Waals surface area (Å²) in [5.41, 5.74) is -1.12. The molecule has 0 atom stereocenters. The van der Waals surface area contributed by atoms with Gasteiger partial charge in [0.05, 0.1) is 16.8 Å². The molecule has 0 bridgehead atoms. The van der Waals surface area contributed by atoms with Gasteiger partial charge in [-0.05, 0) is 6.07 Å². The van der Waals surface area contributed by atoms with Gasteiger partial charge in [0, 0.05) is 6.20 Å². The number of pyridine rings is 1. The highest BCUT2D eigenvalue weighted by atomic mass is 35.5. The van der Waals surface area contributed by atoms with Crippen LogP contribution in [-0.2, 0) is 6.18 Å². The van der Waals surface area contributed by atoms with Crippen LogP contribution >= 0.6 is 23.2 Å². The number of hydrogen-bond donors (Lipinski definition) is 0. The quantitative estimate of drug-likeness (QED) is 0.590. The maximum Gasteiger partial charge on any atom is 0.417 e. The zero-order valence-electron chi connectivity index (χ0n) is 8.84. The Morgan fingerprint density at radius 3 is 2.26 bits per heavy atom. The molecule has 0 saturated heterocycles. The second-order valence-electron chi connectivity index (χ2n) is 3.38. The first-order valence-corrected chi connectivity index (χ1v) is 5.46. The van der Waals surface area contributed by atoms with Crippen LogP contribution in [0.4, 0.5) is 17.6 Å². The maximum absolute atomic E-state index is 12.9. The van der Waals surface area contributed by atoms with E-state index in [0.29, 0.717) is 12.3 Å². The number of nitrogens with zero attached hydrogens (tertiary/aromatic N) is 3. The lowest BCUT2D eigenvalue weighted by Gasteiger charge is -2.08. The zero-order valence-corrected chi connectivity index (χ0v) is 10.4. The highest BCUT2D eigenvalue weighted by Crippen LogP contribution is 2.33. The monoisotopic (exact) mass is 311 g/mol. The van der Waals surface area contributed by atoms with Gasteiger partial charge in [-0.1, -0.05) is 23.2 Å². The average molecular weight is 312 g/mol. The summed E-state index contributed by atoms with van der Waals surface area (Å²) in [6.45, 7) is 0. The Balaban J connectivity index is 2.49. The van der Waals surface area contributed by atoms with E-state index in [0.717, 1.165) is 6.20 Å². The lowest BCUT2D eigenvalue weighted by Crippen LogP contribution is -2.06. The second-order valence-corrected chi connectivity index (χ2v) is 4.15. The van der Waals surface area contributed by atoms with E-state index >= 15 is 0 Å². The molecule has 0 aromatic carbocycles. The number of halogens is 6. The van der Waals surface area contributed by atoms with E-state index in [1.54, 1.807) is 0 Å². The van der Waals surface area contributed by atoms with Gasteiger partial charge in [0.15, 0.2) is 16.8 Å². The van der Waals surface area contributed by atoms with Crippen LogP contribution in [0.1, 0.15) is 5.56 Å². The first-order valence-electron chi connectivity index (χ1n) is 4.70. The van der Waals surface area contributed by atoms with Gasteiger partial charge in [0.2, 0.25) is 0 Å². The molecule has 0 N–H and O–H groups in total. The Kier molecular flexibility index (Phi) is 3.60. The Morgan fingerprint density at radius 1 is 1.05 bits per heavy atom. The Bertz CT molecular complexity index is 631. The predicted molar refractivity (Wildman–Crippen MR) is 60.2 cm³/mol. The van der Waals surface area contributed by atoms with Crippen LogP contribution in [0.5, 0.6) is 0 Å². The maximum atomic E-state index is 12.9. The van der Waals surface area contributed by atoms with Crippen molar-refractivity contribution in [3.63, 3.8) is 0 Å². The van der Waals surface area contributed by atoms with E-state index in [-0.39, 0.29) is 16.5 Å². The normalized spacial score (nSPS) is 11.7. The minimum Gasteiger partial charge on any atom is -0.251 e. The third-order valence-electron chi connectivity index (χ3n) is 2.08. The van der Waals surface area contributed by atoms with Gasteiger partial charge in [0.25, 0.3) is 0 Å². The van der Waals surface area contributed by atoms with Crippen molar-refractivity contribution in [2.75, 3.05) is 0 Å². The fourth-order valence-electron chi connectivity index (χ4n) is 1.22. The Hall–Kier alpha value is -1.47. The summed E-state index contributed by atoms with van der Waals surface area (Å²) < 4.78 is 50.1. The highest BCUT2D eigenvalue weighted by molar-refractivity contribution is 6.33. The molecule has 0 aliphatic heterocycles. The largest absolute Gasteiger partial charge is 0.417 e. The van der Waals surface area contributed by atoms with Crippen LogP contribution in [0, 0.1) is 5.82 Å².